The highest BCUT2D eigenvalue weighted by Gasteiger charge is 2.51. The van der Waals surface area contributed by atoms with Gasteiger partial charge in [0.25, 0.3) is 0 Å². The molecular weight excluding hydrogens is 516 g/mol. The molecule has 1 aromatic carbocycles. The van der Waals surface area contributed by atoms with Gasteiger partial charge in [0.05, 0.1) is 50.3 Å². The summed E-state index contributed by atoms with van der Waals surface area (Å²) in [5.41, 5.74) is 2.42. The predicted molar refractivity (Wildman–Crippen MR) is 148 cm³/mol. The molecule has 1 N–H and O–H groups in total. The summed E-state index contributed by atoms with van der Waals surface area (Å²) in [6.45, 7) is 8.70. The third-order valence-corrected chi connectivity index (χ3v) is 6.89. The monoisotopic (exact) mass is 554 g/mol. The zero-order chi connectivity index (χ0) is 28.5. The van der Waals surface area contributed by atoms with Crippen molar-refractivity contribution < 1.29 is 33.3 Å². The summed E-state index contributed by atoms with van der Waals surface area (Å²) in [5.74, 6) is -1.30. The van der Waals surface area contributed by atoms with Crippen LogP contribution in [0.1, 0.15) is 39.2 Å². The molecule has 1 saturated heterocycles. The molecule has 2 unspecified atom stereocenters. The Morgan fingerprint density at radius 2 is 1.75 bits per heavy atom. The van der Waals surface area contributed by atoms with Crippen molar-refractivity contribution in [2.45, 2.75) is 39.7 Å². The first-order valence-corrected chi connectivity index (χ1v) is 14.0. The number of hydrogen-bond acceptors (Lipinski definition) is 10. The number of hydrazone groups is 1. The van der Waals surface area contributed by atoms with Gasteiger partial charge in [-0.15, -0.1) is 0 Å². The number of rotatable bonds is 10. The normalized spacial score (nSPS) is 20.4. The summed E-state index contributed by atoms with van der Waals surface area (Å²) in [7, 11) is 0. The molecule has 3 heterocycles. The Balaban J connectivity index is 1.79. The standard InChI is InChI=1S/C29H38N4O7/c1-4-30-29(36)40-16-10-13-22-24(27(34)38-5-2)25(28(35)39-6-3)26-21(20-11-8-7-9-12-20)19-23(31-33(22)26)32-14-17-37-18-15-32/h7-9,11-12,19,22,24H,4-6,10,13-18H2,1-3H3,(H,30,36). The molecule has 1 amide bonds. The molecule has 0 spiro atoms. The van der Waals surface area contributed by atoms with E-state index in [-0.39, 0.29) is 25.4 Å². The molecule has 3 aliphatic rings. The van der Waals surface area contributed by atoms with Crippen molar-refractivity contribution >= 4 is 29.4 Å². The number of alkyl carbamates (subject to hydrolysis) is 1. The number of nitrogens with zero attached hydrogens (tertiary/aromatic N) is 3. The number of carbonyl (C=O) groups is 3. The van der Waals surface area contributed by atoms with Crippen LogP contribution in [0.15, 0.2) is 52.8 Å². The van der Waals surface area contributed by atoms with Crippen molar-refractivity contribution in [1.82, 2.24) is 15.2 Å². The van der Waals surface area contributed by atoms with Crippen molar-refractivity contribution in [3.63, 3.8) is 0 Å². The quantitative estimate of drug-likeness (QED) is 0.265. The Labute approximate surface area is 234 Å². The number of nitrogens with one attached hydrogen (secondary N) is 1. The Bertz CT molecular complexity index is 1160. The van der Waals surface area contributed by atoms with Gasteiger partial charge in [-0.1, -0.05) is 30.3 Å². The van der Waals surface area contributed by atoms with Gasteiger partial charge in [0, 0.05) is 25.2 Å². The lowest BCUT2D eigenvalue weighted by Crippen LogP contribution is -2.44. The molecule has 0 radical (unpaired) electrons. The van der Waals surface area contributed by atoms with E-state index >= 15 is 0 Å². The number of amides is 1. The van der Waals surface area contributed by atoms with Crippen LogP contribution < -0.4 is 5.32 Å². The number of allylic oxidation sites excluding steroid dienone is 1. The van der Waals surface area contributed by atoms with E-state index in [9.17, 15) is 14.4 Å². The van der Waals surface area contributed by atoms with Crippen LogP contribution in [-0.2, 0) is 28.5 Å². The maximum Gasteiger partial charge on any atom is 0.407 e. The number of amidine groups is 1. The smallest absolute Gasteiger partial charge is 0.407 e. The molecule has 2 atom stereocenters. The van der Waals surface area contributed by atoms with Crippen LogP contribution in [0.25, 0.3) is 5.57 Å². The summed E-state index contributed by atoms with van der Waals surface area (Å²) in [6, 6.07) is 9.17. The minimum atomic E-state index is -0.932. The summed E-state index contributed by atoms with van der Waals surface area (Å²) in [6.07, 6.45) is 2.33. The van der Waals surface area contributed by atoms with Crippen molar-refractivity contribution in [2.75, 3.05) is 52.7 Å². The number of fused-ring (bicyclic) bond motifs is 1. The lowest BCUT2D eigenvalue weighted by Gasteiger charge is -2.36. The van der Waals surface area contributed by atoms with E-state index in [1.165, 1.54) is 0 Å². The Hall–Kier alpha value is -3.86. The zero-order valence-corrected chi connectivity index (χ0v) is 23.4. The maximum atomic E-state index is 13.5. The van der Waals surface area contributed by atoms with Gasteiger partial charge in [-0.3, -0.25) is 9.80 Å². The highest BCUT2D eigenvalue weighted by molar-refractivity contribution is 6.08. The lowest BCUT2D eigenvalue weighted by atomic mass is 9.90. The fourth-order valence-corrected chi connectivity index (χ4v) is 5.17. The van der Waals surface area contributed by atoms with Crippen LogP contribution in [0, 0.1) is 5.92 Å². The average molecular weight is 555 g/mol. The number of benzene rings is 1. The molecule has 1 aromatic rings. The second kappa shape index (κ2) is 14.0. The van der Waals surface area contributed by atoms with Crippen LogP contribution >= 0.6 is 0 Å². The lowest BCUT2D eigenvalue weighted by molar-refractivity contribution is -0.151. The molecule has 4 rings (SSSR count). The summed E-state index contributed by atoms with van der Waals surface area (Å²) < 4.78 is 21.8. The molecule has 11 nitrogen and oxygen atoms in total. The first-order chi connectivity index (χ1) is 19.5. The van der Waals surface area contributed by atoms with Gasteiger partial charge in [0.2, 0.25) is 0 Å². The number of esters is 2. The van der Waals surface area contributed by atoms with E-state index in [0.717, 1.165) is 17.0 Å². The van der Waals surface area contributed by atoms with E-state index in [4.69, 9.17) is 24.0 Å². The largest absolute Gasteiger partial charge is 0.465 e. The highest BCUT2D eigenvalue weighted by Crippen LogP contribution is 2.46. The number of hydrogen-bond donors (Lipinski definition) is 1. The molecule has 0 aliphatic carbocycles. The second-order valence-corrected chi connectivity index (χ2v) is 9.41. The molecule has 216 valence electrons. The van der Waals surface area contributed by atoms with E-state index < -0.39 is 30.0 Å². The number of carbonyl (C=O) groups excluding carboxylic acids is 3. The molecule has 0 bridgehead atoms. The van der Waals surface area contributed by atoms with Crippen LogP contribution in [-0.4, -0.2) is 92.5 Å². The van der Waals surface area contributed by atoms with Crippen molar-refractivity contribution in [3.05, 3.63) is 53.2 Å². The van der Waals surface area contributed by atoms with E-state index in [1.807, 2.05) is 43.3 Å². The Morgan fingerprint density at radius 3 is 2.42 bits per heavy atom. The molecule has 11 heteroatoms. The SMILES string of the molecule is CCNC(=O)OCCCC1C(C(=O)OCC)C(C(=O)OCC)=C2C(c3ccccc3)=CC(N3CCOCC3)=NN21. The minimum Gasteiger partial charge on any atom is -0.465 e. The Morgan fingerprint density at radius 1 is 1.02 bits per heavy atom. The molecule has 0 saturated carbocycles. The van der Waals surface area contributed by atoms with Gasteiger partial charge < -0.3 is 29.2 Å². The van der Waals surface area contributed by atoms with Gasteiger partial charge in [0.15, 0.2) is 0 Å². The van der Waals surface area contributed by atoms with Crippen molar-refractivity contribution in [1.29, 1.82) is 0 Å². The molecular formula is C29H38N4O7. The average Bonchev–Trinajstić information content (AvgIpc) is 3.30. The van der Waals surface area contributed by atoms with Gasteiger partial charge >= 0.3 is 18.0 Å². The van der Waals surface area contributed by atoms with Crippen LogP contribution in [0.5, 0.6) is 0 Å². The van der Waals surface area contributed by atoms with E-state index in [2.05, 4.69) is 10.2 Å². The van der Waals surface area contributed by atoms with E-state index in [0.29, 0.717) is 51.4 Å². The fraction of sp³-hybridized carbons (Fsp3) is 0.517. The van der Waals surface area contributed by atoms with Crippen molar-refractivity contribution in [3.8, 4) is 0 Å². The van der Waals surface area contributed by atoms with Gasteiger partial charge in [-0.05, 0) is 45.3 Å². The Kier molecular flexibility index (Phi) is 10.2. The minimum absolute atomic E-state index is 0.150. The second-order valence-electron chi connectivity index (χ2n) is 9.41. The van der Waals surface area contributed by atoms with E-state index in [1.54, 1.807) is 18.9 Å². The predicted octanol–water partition coefficient (Wildman–Crippen LogP) is 2.94. The summed E-state index contributed by atoms with van der Waals surface area (Å²) >= 11 is 0. The number of morpholine rings is 1. The molecule has 0 aromatic heterocycles. The fourth-order valence-electron chi connectivity index (χ4n) is 5.17. The molecule has 1 fully saturated rings. The molecule has 40 heavy (non-hydrogen) atoms. The van der Waals surface area contributed by atoms with Crippen LogP contribution in [0.3, 0.4) is 0 Å². The highest BCUT2D eigenvalue weighted by atomic mass is 16.6. The van der Waals surface area contributed by atoms with Crippen LogP contribution in [0.2, 0.25) is 0 Å². The van der Waals surface area contributed by atoms with Crippen molar-refractivity contribution in [2.24, 2.45) is 11.0 Å². The van der Waals surface area contributed by atoms with Gasteiger partial charge in [0.1, 0.15) is 11.8 Å². The third-order valence-electron chi connectivity index (χ3n) is 6.89. The summed E-state index contributed by atoms with van der Waals surface area (Å²) in [4.78, 5) is 41.0. The van der Waals surface area contributed by atoms with Gasteiger partial charge in [-0.25, -0.2) is 9.59 Å². The van der Waals surface area contributed by atoms with Gasteiger partial charge in [-0.2, -0.15) is 5.10 Å². The number of ether oxygens (including phenoxy) is 4. The topological polar surface area (TPSA) is 119 Å². The molecule has 3 aliphatic heterocycles. The zero-order valence-electron chi connectivity index (χ0n) is 23.4. The maximum absolute atomic E-state index is 13.5. The first kappa shape index (κ1) is 29.1. The van der Waals surface area contributed by atoms with Crippen LogP contribution in [0.4, 0.5) is 4.79 Å². The first-order valence-electron chi connectivity index (χ1n) is 14.0. The summed E-state index contributed by atoms with van der Waals surface area (Å²) in [5, 5.41) is 9.39. The third kappa shape index (κ3) is 6.47.